The molecule has 0 aromatic heterocycles. The predicted molar refractivity (Wildman–Crippen MR) is 74.5 cm³/mol. The average molecular weight is 220 g/mol. The number of hydrogen-bond acceptors (Lipinski definition) is 0. The average Bonchev–Trinajstić information content (AvgIpc) is 2.31. The van der Waals surface area contributed by atoms with Gasteiger partial charge in [0, 0.05) is 0 Å². The van der Waals surface area contributed by atoms with E-state index < -0.39 is 0 Å². The first-order valence-electron chi connectivity index (χ1n) is 7.75. The quantitative estimate of drug-likeness (QED) is 0.598. The van der Waals surface area contributed by atoms with Crippen molar-refractivity contribution in [1.29, 1.82) is 0 Å². The van der Waals surface area contributed by atoms with E-state index in [2.05, 4.69) is 13.8 Å². The van der Waals surface area contributed by atoms with Crippen LogP contribution in [0.25, 0.3) is 0 Å². The summed E-state index contributed by atoms with van der Waals surface area (Å²) in [6.45, 7) is 4.82. The van der Waals surface area contributed by atoms with Crippen molar-refractivity contribution in [1.82, 2.24) is 0 Å². The lowest BCUT2D eigenvalue weighted by Gasteiger charge is -2.33. The summed E-state index contributed by atoms with van der Waals surface area (Å²) in [6, 6.07) is 0. The van der Waals surface area contributed by atoms with E-state index in [0.29, 0.717) is 0 Å². The molecule has 2 aliphatic rings. The van der Waals surface area contributed by atoms with Gasteiger partial charge in [-0.15, -0.1) is 0 Å². The van der Waals surface area contributed by atoms with Gasteiger partial charge in [0.25, 0.3) is 0 Å². The van der Waals surface area contributed by atoms with E-state index in [-0.39, 0.29) is 0 Å². The molecule has 0 saturated heterocycles. The maximum absolute atomic E-state index is 2.41. The van der Waals surface area contributed by atoms with E-state index in [4.69, 9.17) is 0 Å². The molecule has 92 valence electrons. The van der Waals surface area contributed by atoms with Crippen LogP contribution in [0.2, 0.25) is 11.6 Å². The fraction of sp³-hybridized carbons (Fsp3) is 1.00. The largest absolute Gasteiger partial charge is 0.127 e. The SMILES string of the molecule is CC(C)C1CCC(BC2CCCCC2)CC1. The summed E-state index contributed by atoms with van der Waals surface area (Å²) in [7, 11) is 1.57. The highest BCUT2D eigenvalue weighted by Gasteiger charge is 2.26. The van der Waals surface area contributed by atoms with Crippen LogP contribution in [0.3, 0.4) is 0 Å². The Bertz CT molecular complexity index is 186. The summed E-state index contributed by atoms with van der Waals surface area (Å²) in [4.78, 5) is 0. The van der Waals surface area contributed by atoms with E-state index in [1.165, 1.54) is 32.1 Å². The smallest absolute Gasteiger partial charge is 0.0654 e. The van der Waals surface area contributed by atoms with Crippen LogP contribution in [0.15, 0.2) is 0 Å². The molecule has 0 aromatic carbocycles. The molecule has 0 spiro atoms. The van der Waals surface area contributed by atoms with Gasteiger partial charge < -0.3 is 0 Å². The summed E-state index contributed by atoms with van der Waals surface area (Å²) >= 11 is 0. The lowest BCUT2D eigenvalue weighted by Crippen LogP contribution is -2.21. The summed E-state index contributed by atoms with van der Waals surface area (Å²) < 4.78 is 0. The molecular weight excluding hydrogens is 191 g/mol. The van der Waals surface area contributed by atoms with Crippen molar-refractivity contribution in [2.75, 3.05) is 0 Å². The number of hydrogen-bond donors (Lipinski definition) is 0. The monoisotopic (exact) mass is 220 g/mol. The molecule has 2 fully saturated rings. The predicted octanol–water partition coefficient (Wildman–Crippen LogP) is 4.81. The van der Waals surface area contributed by atoms with E-state index in [9.17, 15) is 0 Å². The third-order valence-electron chi connectivity index (χ3n) is 5.23. The van der Waals surface area contributed by atoms with Crippen molar-refractivity contribution in [3.8, 4) is 0 Å². The lowest BCUT2D eigenvalue weighted by atomic mass is 9.48. The van der Waals surface area contributed by atoms with E-state index in [1.807, 2.05) is 0 Å². The zero-order valence-corrected chi connectivity index (χ0v) is 11.4. The molecule has 2 saturated carbocycles. The Hall–Kier alpha value is 0.0649. The summed E-state index contributed by atoms with van der Waals surface area (Å²) in [6.07, 6.45) is 13.8. The van der Waals surface area contributed by atoms with Crippen molar-refractivity contribution in [2.45, 2.75) is 83.3 Å². The van der Waals surface area contributed by atoms with E-state index in [1.54, 1.807) is 33.0 Å². The van der Waals surface area contributed by atoms with E-state index >= 15 is 0 Å². The van der Waals surface area contributed by atoms with Crippen molar-refractivity contribution in [3.05, 3.63) is 0 Å². The molecule has 0 aliphatic heterocycles. The Morgan fingerprint density at radius 2 is 1.31 bits per heavy atom. The lowest BCUT2D eigenvalue weighted by molar-refractivity contribution is 0.277. The Morgan fingerprint density at radius 3 is 1.88 bits per heavy atom. The van der Waals surface area contributed by atoms with Crippen molar-refractivity contribution in [2.24, 2.45) is 11.8 Å². The molecule has 0 heterocycles. The molecule has 0 nitrogen and oxygen atoms in total. The zero-order valence-electron chi connectivity index (χ0n) is 11.4. The second-order valence-corrected chi connectivity index (χ2v) is 6.76. The highest BCUT2D eigenvalue weighted by atomic mass is 14.3. The summed E-state index contributed by atoms with van der Waals surface area (Å²) in [5.74, 6) is 4.17. The van der Waals surface area contributed by atoms with Gasteiger partial charge in [-0.05, 0) is 11.8 Å². The van der Waals surface area contributed by atoms with Crippen LogP contribution >= 0.6 is 0 Å². The van der Waals surface area contributed by atoms with Crippen LogP contribution in [0.4, 0.5) is 0 Å². The zero-order chi connectivity index (χ0) is 11.4. The van der Waals surface area contributed by atoms with Crippen molar-refractivity contribution >= 4 is 7.28 Å². The van der Waals surface area contributed by atoms with Crippen LogP contribution in [-0.2, 0) is 0 Å². The maximum atomic E-state index is 2.41. The molecule has 0 amide bonds. The molecule has 1 heteroatoms. The van der Waals surface area contributed by atoms with Crippen LogP contribution in [0, 0.1) is 11.8 Å². The van der Waals surface area contributed by atoms with Crippen LogP contribution in [0.5, 0.6) is 0 Å². The van der Waals surface area contributed by atoms with Crippen molar-refractivity contribution < 1.29 is 0 Å². The first kappa shape index (κ1) is 12.5. The molecule has 2 aliphatic carbocycles. The van der Waals surface area contributed by atoms with Gasteiger partial charge >= 0.3 is 0 Å². The highest BCUT2D eigenvalue weighted by Crippen LogP contribution is 2.39. The summed E-state index contributed by atoms with van der Waals surface area (Å²) in [5.41, 5.74) is 0. The Balaban J connectivity index is 1.68. The first-order chi connectivity index (χ1) is 7.75. The molecule has 0 radical (unpaired) electrons. The normalized spacial score (nSPS) is 32.9. The highest BCUT2D eigenvalue weighted by molar-refractivity contribution is 6.39. The minimum atomic E-state index is 0.927. The van der Waals surface area contributed by atoms with Crippen molar-refractivity contribution in [3.63, 3.8) is 0 Å². The van der Waals surface area contributed by atoms with Gasteiger partial charge in [0.1, 0.15) is 7.28 Å². The van der Waals surface area contributed by atoms with Gasteiger partial charge in [0.15, 0.2) is 0 Å². The fourth-order valence-corrected chi connectivity index (χ4v) is 3.98. The van der Waals surface area contributed by atoms with Gasteiger partial charge in [-0.25, -0.2) is 0 Å². The molecule has 0 bridgehead atoms. The third kappa shape index (κ3) is 3.53. The van der Waals surface area contributed by atoms with Gasteiger partial charge in [0.05, 0.1) is 0 Å². The molecule has 16 heavy (non-hydrogen) atoms. The Kier molecular flexibility index (Phi) is 4.79. The molecule has 2 rings (SSSR count). The Morgan fingerprint density at radius 1 is 0.750 bits per heavy atom. The van der Waals surface area contributed by atoms with Gasteiger partial charge in [0.2, 0.25) is 0 Å². The first-order valence-corrected chi connectivity index (χ1v) is 7.75. The number of rotatable bonds is 3. The standard InChI is InChI=1S/C15H29B/c1-12(2)13-8-10-15(11-9-13)16-14-6-4-3-5-7-14/h12-16H,3-11H2,1-2H3. The van der Waals surface area contributed by atoms with Crippen LogP contribution < -0.4 is 0 Å². The maximum Gasteiger partial charge on any atom is 0.127 e. The van der Waals surface area contributed by atoms with Gasteiger partial charge in [-0.1, -0.05) is 83.3 Å². The molecule has 0 N–H and O–H groups in total. The second-order valence-electron chi connectivity index (χ2n) is 6.76. The minimum Gasteiger partial charge on any atom is -0.0654 e. The summed E-state index contributed by atoms with van der Waals surface area (Å²) in [5, 5.41) is 0. The second kappa shape index (κ2) is 6.12. The van der Waals surface area contributed by atoms with Gasteiger partial charge in [-0.2, -0.15) is 0 Å². The third-order valence-corrected chi connectivity index (χ3v) is 5.23. The Labute approximate surface area is 103 Å². The topological polar surface area (TPSA) is 0 Å². The molecule has 0 aromatic rings. The van der Waals surface area contributed by atoms with Crippen LogP contribution in [0.1, 0.15) is 71.6 Å². The van der Waals surface area contributed by atoms with Crippen LogP contribution in [-0.4, -0.2) is 7.28 Å². The van der Waals surface area contributed by atoms with E-state index in [0.717, 1.165) is 23.5 Å². The molecular formula is C15H29B. The fourth-order valence-electron chi connectivity index (χ4n) is 3.98. The molecule has 0 atom stereocenters. The molecule has 0 unspecified atom stereocenters. The minimum absolute atomic E-state index is 0.927. The van der Waals surface area contributed by atoms with Gasteiger partial charge in [-0.3, -0.25) is 0 Å².